The number of allylic oxidation sites excluding steroid dienone is 1. The molecule has 0 atom stereocenters. The van der Waals surface area contributed by atoms with E-state index in [0.717, 1.165) is 0 Å². The lowest BCUT2D eigenvalue weighted by atomic mass is 10.1. The number of methoxy groups -OCH3 is 1. The van der Waals surface area contributed by atoms with Gasteiger partial charge in [-0.25, -0.2) is 4.79 Å². The summed E-state index contributed by atoms with van der Waals surface area (Å²) in [5, 5.41) is 0. The molecule has 0 aromatic carbocycles. The highest BCUT2D eigenvalue weighted by Crippen LogP contribution is 2.19. The molecule has 0 aliphatic rings. The fourth-order valence-corrected chi connectivity index (χ4v) is 2.28. The van der Waals surface area contributed by atoms with Crippen LogP contribution in [-0.2, 0) is 23.8 Å². The first-order chi connectivity index (χ1) is 7.90. The lowest BCUT2D eigenvalue weighted by Gasteiger charge is -2.10. The van der Waals surface area contributed by atoms with Crippen molar-refractivity contribution in [1.82, 2.24) is 6.15 Å². The van der Waals surface area contributed by atoms with Crippen LogP contribution in [0.3, 0.4) is 0 Å². The second-order valence-corrected chi connectivity index (χ2v) is 5.31. The molecule has 0 aliphatic heterocycles. The molecule has 0 radical (unpaired) electrons. The van der Waals surface area contributed by atoms with Crippen LogP contribution in [-0.4, -0.2) is 28.1 Å². The van der Waals surface area contributed by atoms with Crippen LogP contribution in [0.25, 0.3) is 0 Å². The van der Waals surface area contributed by atoms with Crippen molar-refractivity contribution < 1.29 is 22.1 Å². The number of carbonyl (C=O) groups excluding carboxylic acids is 1. The third-order valence-electron chi connectivity index (χ3n) is 2.17. The number of hydrogen-bond acceptors (Lipinski definition) is 6. The molecule has 0 aromatic rings. The van der Waals surface area contributed by atoms with E-state index in [1.165, 1.54) is 14.0 Å². The van der Waals surface area contributed by atoms with Crippen molar-refractivity contribution in [3.05, 3.63) is 10.5 Å². The van der Waals surface area contributed by atoms with Crippen molar-refractivity contribution in [2.45, 2.75) is 40.0 Å². The molecule has 0 heterocycles. The maximum absolute atomic E-state index is 11.7. The Morgan fingerprint density at radius 1 is 1.17 bits per heavy atom. The zero-order valence-corrected chi connectivity index (χ0v) is 12.3. The summed E-state index contributed by atoms with van der Waals surface area (Å²) in [6, 6.07) is 0. The van der Waals surface area contributed by atoms with Gasteiger partial charge in [0.2, 0.25) is 0 Å². The van der Waals surface area contributed by atoms with Gasteiger partial charge in [0.25, 0.3) is 10.1 Å². The van der Waals surface area contributed by atoms with E-state index in [1.54, 1.807) is 0 Å². The molecule has 0 spiro atoms. The van der Waals surface area contributed by atoms with Gasteiger partial charge in [0.1, 0.15) is 0 Å². The number of rotatable bonds is 7. The smallest absolute Gasteiger partial charge is 0.334 e. The normalized spacial score (nSPS) is 12.4. The van der Waals surface area contributed by atoms with Crippen molar-refractivity contribution in [3.8, 4) is 0 Å². The summed E-state index contributed by atoms with van der Waals surface area (Å²) in [5.41, 5.74) is 0.158. The molecule has 0 fully saturated rings. The molecule has 18 heavy (non-hydrogen) atoms. The molecular weight excluding hydrogens is 258 g/mol. The van der Waals surface area contributed by atoms with Gasteiger partial charge in [-0.15, -0.1) is 0 Å². The van der Waals surface area contributed by atoms with E-state index in [-0.39, 0.29) is 23.2 Å². The van der Waals surface area contributed by atoms with Gasteiger partial charge in [-0.05, 0) is 19.8 Å². The first-order valence-corrected chi connectivity index (χ1v) is 6.99. The van der Waals surface area contributed by atoms with Crippen LogP contribution in [0.2, 0.25) is 0 Å². The second-order valence-electron chi connectivity index (χ2n) is 3.55. The maximum atomic E-state index is 11.7. The van der Waals surface area contributed by atoms with Gasteiger partial charge in [0, 0.05) is 0 Å². The zero-order chi connectivity index (χ0) is 13.5. The van der Waals surface area contributed by atoms with E-state index < -0.39 is 16.1 Å². The van der Waals surface area contributed by atoms with Gasteiger partial charge < -0.3 is 10.9 Å². The standard InChI is InChI=1S/C11H20O5S.H3N/c1-5-7-10(11(12)15-4)9(3)17(13,14)16-8-6-2;/h5-8H2,1-4H3;1H3. The molecule has 0 saturated heterocycles. The molecule has 7 heteroatoms. The summed E-state index contributed by atoms with van der Waals surface area (Å²) in [6.45, 7) is 5.14. The average molecular weight is 281 g/mol. The van der Waals surface area contributed by atoms with Gasteiger partial charge in [-0.3, -0.25) is 4.18 Å². The van der Waals surface area contributed by atoms with Gasteiger partial charge in [0.05, 0.1) is 24.2 Å². The number of ether oxygens (including phenoxy) is 1. The minimum atomic E-state index is -3.82. The molecule has 6 nitrogen and oxygen atoms in total. The van der Waals surface area contributed by atoms with E-state index in [1.807, 2.05) is 13.8 Å². The number of esters is 1. The quantitative estimate of drug-likeness (QED) is 0.435. The lowest BCUT2D eigenvalue weighted by Crippen LogP contribution is -2.15. The summed E-state index contributed by atoms with van der Waals surface area (Å²) in [5.74, 6) is -0.618. The van der Waals surface area contributed by atoms with E-state index in [0.29, 0.717) is 19.3 Å². The Morgan fingerprint density at radius 3 is 2.11 bits per heavy atom. The van der Waals surface area contributed by atoms with Crippen LogP contribution in [0.4, 0.5) is 0 Å². The fraction of sp³-hybridized carbons (Fsp3) is 0.727. The first-order valence-electron chi connectivity index (χ1n) is 5.58. The van der Waals surface area contributed by atoms with Gasteiger partial charge >= 0.3 is 5.97 Å². The van der Waals surface area contributed by atoms with Crippen molar-refractivity contribution >= 4 is 16.1 Å². The Labute approximate surface area is 109 Å². The third kappa shape index (κ3) is 5.61. The van der Waals surface area contributed by atoms with Gasteiger partial charge in [-0.2, -0.15) is 8.42 Å². The van der Waals surface area contributed by atoms with Crippen LogP contribution in [0.1, 0.15) is 40.0 Å². The minimum absolute atomic E-state index is 0. The van der Waals surface area contributed by atoms with Crippen LogP contribution in [0.5, 0.6) is 0 Å². The van der Waals surface area contributed by atoms with Crippen molar-refractivity contribution in [2.24, 2.45) is 0 Å². The van der Waals surface area contributed by atoms with Crippen molar-refractivity contribution in [2.75, 3.05) is 13.7 Å². The molecule has 108 valence electrons. The van der Waals surface area contributed by atoms with Gasteiger partial charge in [0.15, 0.2) is 0 Å². The largest absolute Gasteiger partial charge is 0.466 e. The Bertz CT molecular complexity index is 386. The molecule has 0 saturated carbocycles. The van der Waals surface area contributed by atoms with E-state index >= 15 is 0 Å². The highest BCUT2D eigenvalue weighted by Gasteiger charge is 2.23. The molecule has 0 rings (SSSR count). The highest BCUT2D eigenvalue weighted by atomic mass is 32.2. The van der Waals surface area contributed by atoms with E-state index in [9.17, 15) is 13.2 Å². The van der Waals surface area contributed by atoms with Crippen LogP contribution in [0.15, 0.2) is 10.5 Å². The fourth-order valence-electron chi connectivity index (χ4n) is 1.23. The molecule has 3 N–H and O–H groups in total. The molecule has 0 unspecified atom stereocenters. The number of carbonyl (C=O) groups is 1. The van der Waals surface area contributed by atoms with Crippen LogP contribution >= 0.6 is 0 Å². The Morgan fingerprint density at radius 2 is 1.72 bits per heavy atom. The predicted octanol–water partition coefficient (Wildman–Crippen LogP) is 2.15. The molecular formula is C11H23NO5S. The Balaban J connectivity index is 0. The zero-order valence-electron chi connectivity index (χ0n) is 11.5. The van der Waals surface area contributed by atoms with E-state index in [4.69, 9.17) is 4.18 Å². The van der Waals surface area contributed by atoms with Crippen LogP contribution < -0.4 is 6.15 Å². The Kier molecular flexibility index (Phi) is 9.78. The summed E-state index contributed by atoms with van der Waals surface area (Å²) < 4.78 is 32.8. The summed E-state index contributed by atoms with van der Waals surface area (Å²) in [6.07, 6.45) is 1.60. The summed E-state index contributed by atoms with van der Waals surface area (Å²) >= 11 is 0. The molecule has 0 bridgehead atoms. The third-order valence-corrected chi connectivity index (χ3v) is 3.65. The molecule has 0 amide bonds. The van der Waals surface area contributed by atoms with Crippen LogP contribution in [0, 0.1) is 0 Å². The van der Waals surface area contributed by atoms with Gasteiger partial charge in [-0.1, -0.05) is 20.3 Å². The maximum Gasteiger partial charge on any atom is 0.334 e. The van der Waals surface area contributed by atoms with Crippen molar-refractivity contribution in [1.29, 1.82) is 0 Å². The lowest BCUT2D eigenvalue weighted by molar-refractivity contribution is -0.136. The minimum Gasteiger partial charge on any atom is -0.466 e. The summed E-state index contributed by atoms with van der Waals surface area (Å²) in [7, 11) is -2.59. The van der Waals surface area contributed by atoms with Crippen molar-refractivity contribution in [3.63, 3.8) is 0 Å². The highest BCUT2D eigenvalue weighted by molar-refractivity contribution is 7.90. The average Bonchev–Trinajstić information content (AvgIpc) is 2.31. The van der Waals surface area contributed by atoms with E-state index in [2.05, 4.69) is 4.74 Å². The SMILES string of the molecule is CCCOS(=O)(=O)C(C)=C(CCC)C(=O)OC.N. The first kappa shape index (κ1) is 19.4. The number of hydrogen-bond donors (Lipinski definition) is 1. The predicted molar refractivity (Wildman–Crippen MR) is 69.8 cm³/mol. The molecule has 0 aromatic heterocycles. The summed E-state index contributed by atoms with van der Waals surface area (Å²) in [4.78, 5) is 11.4. The molecule has 0 aliphatic carbocycles. The monoisotopic (exact) mass is 281 g/mol. The second kappa shape index (κ2) is 9.07. The topological polar surface area (TPSA) is 105 Å². The Hall–Kier alpha value is -0.920.